The van der Waals surface area contributed by atoms with Crippen LogP contribution in [0.25, 0.3) is 0 Å². The Bertz CT molecular complexity index is 634. The summed E-state index contributed by atoms with van der Waals surface area (Å²) < 4.78 is 20.1. The first kappa shape index (κ1) is 17.9. The molecule has 8 nitrogen and oxygen atoms in total. The van der Waals surface area contributed by atoms with Gasteiger partial charge in [-0.25, -0.2) is 4.79 Å². The largest absolute Gasteiger partial charge is 0.486 e. The molecule has 2 amide bonds. The van der Waals surface area contributed by atoms with Gasteiger partial charge in [-0.2, -0.15) is 0 Å². The van der Waals surface area contributed by atoms with Crippen LogP contribution in [0.1, 0.15) is 6.92 Å². The van der Waals surface area contributed by atoms with Gasteiger partial charge in [-0.05, 0) is 25.1 Å². The van der Waals surface area contributed by atoms with Crippen molar-refractivity contribution in [2.24, 2.45) is 0 Å². The number of esters is 1. The second kappa shape index (κ2) is 8.44. The van der Waals surface area contributed by atoms with Gasteiger partial charge in [-0.3, -0.25) is 14.9 Å². The fraction of sp³-hybridized carbons (Fsp3) is 0.400. The molecule has 2 rings (SSSR count). The van der Waals surface area contributed by atoms with Crippen LogP contribution in [0.15, 0.2) is 23.1 Å². The minimum atomic E-state index is -1.10. The molecule has 1 heterocycles. The first-order valence-electron chi connectivity index (χ1n) is 7.10. The molecule has 0 radical (unpaired) electrons. The van der Waals surface area contributed by atoms with Gasteiger partial charge in [0.1, 0.15) is 13.2 Å². The van der Waals surface area contributed by atoms with Crippen molar-refractivity contribution in [1.82, 2.24) is 5.32 Å². The number of nitrogens with one attached hydrogen (secondary N) is 1. The van der Waals surface area contributed by atoms with E-state index in [1.807, 2.05) is 5.32 Å². The van der Waals surface area contributed by atoms with Crippen molar-refractivity contribution in [3.63, 3.8) is 0 Å². The molecule has 1 aromatic rings. The van der Waals surface area contributed by atoms with Crippen LogP contribution < -0.4 is 14.8 Å². The number of hydrogen-bond donors (Lipinski definition) is 1. The number of imide groups is 1. The molecule has 0 spiro atoms. The van der Waals surface area contributed by atoms with E-state index in [-0.39, 0.29) is 5.75 Å². The van der Waals surface area contributed by atoms with Crippen molar-refractivity contribution in [1.29, 1.82) is 0 Å². The van der Waals surface area contributed by atoms with Crippen LogP contribution in [0.5, 0.6) is 11.5 Å². The lowest BCUT2D eigenvalue weighted by Gasteiger charge is -2.18. The summed E-state index contributed by atoms with van der Waals surface area (Å²) in [6, 6.07) is 5.35. The molecule has 1 atom stereocenters. The van der Waals surface area contributed by atoms with E-state index in [1.165, 1.54) is 18.7 Å². The average molecular weight is 355 g/mol. The fourth-order valence-corrected chi connectivity index (χ4v) is 2.50. The predicted molar refractivity (Wildman–Crippen MR) is 84.3 cm³/mol. The molecular formula is C15H17NO7S. The number of carbonyl (C=O) groups excluding carboxylic acids is 3. The molecule has 0 aliphatic carbocycles. The van der Waals surface area contributed by atoms with Gasteiger partial charge in [0, 0.05) is 4.90 Å². The van der Waals surface area contributed by atoms with Crippen molar-refractivity contribution >= 4 is 29.7 Å². The Morgan fingerprint density at radius 2 is 1.96 bits per heavy atom. The molecule has 0 aromatic heterocycles. The Balaban J connectivity index is 1.80. The van der Waals surface area contributed by atoms with Gasteiger partial charge in [0.25, 0.3) is 5.91 Å². The summed E-state index contributed by atoms with van der Waals surface area (Å²) in [6.07, 6.45) is -2.01. The molecule has 1 N–H and O–H groups in total. The maximum absolute atomic E-state index is 11.8. The molecule has 1 aliphatic rings. The maximum Gasteiger partial charge on any atom is 0.413 e. The van der Waals surface area contributed by atoms with Gasteiger partial charge in [-0.15, -0.1) is 11.8 Å². The van der Waals surface area contributed by atoms with Crippen LogP contribution >= 0.6 is 11.8 Å². The van der Waals surface area contributed by atoms with E-state index >= 15 is 0 Å². The number of fused-ring (bicyclic) bond motifs is 1. The summed E-state index contributed by atoms with van der Waals surface area (Å²) in [5, 5.41) is 1.93. The number of amides is 2. The number of rotatable bonds is 5. The second-order valence-corrected chi connectivity index (χ2v) is 5.76. The average Bonchev–Trinajstić information content (AvgIpc) is 2.59. The van der Waals surface area contributed by atoms with Gasteiger partial charge in [0.05, 0.1) is 12.9 Å². The van der Waals surface area contributed by atoms with Crippen molar-refractivity contribution in [2.45, 2.75) is 17.9 Å². The molecular weight excluding hydrogens is 338 g/mol. The number of ether oxygens (including phenoxy) is 4. The molecule has 24 heavy (non-hydrogen) atoms. The third-order valence-corrected chi connectivity index (χ3v) is 3.93. The van der Waals surface area contributed by atoms with Crippen LogP contribution in [0.4, 0.5) is 4.79 Å². The molecule has 0 saturated carbocycles. The standard InChI is InChI=1S/C15H17NO7S/c1-9(14(18)16-15(19)20-2)23-13(17)8-24-10-3-4-11-12(7-10)22-6-5-21-11/h3-4,7,9H,5-6,8H2,1-2H3,(H,16,18,19)/t9-/m1/s1. The van der Waals surface area contributed by atoms with Gasteiger partial charge >= 0.3 is 12.1 Å². The minimum absolute atomic E-state index is 0.00941. The van der Waals surface area contributed by atoms with E-state index in [0.29, 0.717) is 24.7 Å². The van der Waals surface area contributed by atoms with Crippen LogP contribution in [-0.4, -0.2) is 50.2 Å². The molecule has 130 valence electrons. The lowest BCUT2D eigenvalue weighted by molar-refractivity contribution is -0.152. The third-order valence-electron chi connectivity index (χ3n) is 2.96. The molecule has 9 heteroatoms. The van der Waals surface area contributed by atoms with Gasteiger partial charge in [0.15, 0.2) is 17.6 Å². The zero-order chi connectivity index (χ0) is 17.5. The van der Waals surface area contributed by atoms with E-state index in [4.69, 9.17) is 14.2 Å². The third kappa shape index (κ3) is 5.05. The molecule has 0 unspecified atom stereocenters. The number of hydrogen-bond acceptors (Lipinski definition) is 8. The van der Waals surface area contributed by atoms with Crippen LogP contribution in [-0.2, 0) is 19.1 Å². The Hall–Kier alpha value is -2.42. The zero-order valence-corrected chi connectivity index (χ0v) is 14.0. The molecule has 0 saturated heterocycles. The Labute approximate surface area is 142 Å². The summed E-state index contributed by atoms with van der Waals surface area (Å²) >= 11 is 1.24. The van der Waals surface area contributed by atoms with Crippen LogP contribution in [0, 0.1) is 0 Å². The van der Waals surface area contributed by atoms with Gasteiger partial charge < -0.3 is 18.9 Å². The smallest absolute Gasteiger partial charge is 0.413 e. The lowest BCUT2D eigenvalue weighted by atomic mass is 10.3. The van der Waals surface area contributed by atoms with E-state index in [9.17, 15) is 14.4 Å². The highest BCUT2D eigenvalue weighted by Gasteiger charge is 2.20. The molecule has 0 fully saturated rings. The van der Waals surface area contributed by atoms with E-state index in [2.05, 4.69) is 4.74 Å². The van der Waals surface area contributed by atoms with Crippen molar-refractivity contribution < 1.29 is 33.3 Å². The number of carbonyl (C=O) groups is 3. The van der Waals surface area contributed by atoms with Crippen molar-refractivity contribution in [3.8, 4) is 11.5 Å². The fourth-order valence-electron chi connectivity index (χ4n) is 1.79. The number of benzene rings is 1. The van der Waals surface area contributed by atoms with Crippen LogP contribution in [0.2, 0.25) is 0 Å². The topological polar surface area (TPSA) is 100 Å². The normalized spacial score (nSPS) is 13.6. The highest BCUT2D eigenvalue weighted by atomic mass is 32.2. The van der Waals surface area contributed by atoms with E-state index in [0.717, 1.165) is 12.0 Å². The highest BCUT2D eigenvalue weighted by molar-refractivity contribution is 8.00. The summed E-state index contributed by atoms with van der Waals surface area (Å²) in [6.45, 7) is 2.36. The molecule has 1 aliphatic heterocycles. The first-order chi connectivity index (χ1) is 11.5. The van der Waals surface area contributed by atoms with Gasteiger partial charge in [0.2, 0.25) is 0 Å². The second-order valence-electron chi connectivity index (χ2n) is 4.71. The van der Waals surface area contributed by atoms with Crippen molar-refractivity contribution in [3.05, 3.63) is 18.2 Å². The SMILES string of the molecule is COC(=O)NC(=O)[C@@H](C)OC(=O)CSc1ccc2c(c1)OCCO2. The number of methoxy groups -OCH3 is 1. The van der Waals surface area contributed by atoms with E-state index in [1.54, 1.807) is 18.2 Å². The first-order valence-corrected chi connectivity index (χ1v) is 8.09. The minimum Gasteiger partial charge on any atom is -0.486 e. The predicted octanol–water partition coefficient (Wildman–Crippen LogP) is 1.36. The monoisotopic (exact) mass is 355 g/mol. The Morgan fingerprint density at radius 3 is 2.67 bits per heavy atom. The quantitative estimate of drug-likeness (QED) is 0.624. The molecule has 0 bridgehead atoms. The van der Waals surface area contributed by atoms with Crippen LogP contribution in [0.3, 0.4) is 0 Å². The summed E-state index contributed by atoms with van der Waals surface area (Å²) in [4.78, 5) is 35.1. The zero-order valence-electron chi connectivity index (χ0n) is 13.2. The highest BCUT2D eigenvalue weighted by Crippen LogP contribution is 2.34. The maximum atomic E-state index is 11.8. The Morgan fingerprint density at radius 1 is 1.25 bits per heavy atom. The Kier molecular flexibility index (Phi) is 6.30. The number of thioether (sulfide) groups is 1. The van der Waals surface area contributed by atoms with Gasteiger partial charge in [-0.1, -0.05) is 0 Å². The van der Waals surface area contributed by atoms with Crippen molar-refractivity contribution in [2.75, 3.05) is 26.1 Å². The van der Waals surface area contributed by atoms with E-state index < -0.39 is 24.1 Å². The molecule has 1 aromatic carbocycles. The number of alkyl carbamates (subject to hydrolysis) is 1. The summed E-state index contributed by atoms with van der Waals surface area (Å²) in [7, 11) is 1.13. The summed E-state index contributed by atoms with van der Waals surface area (Å²) in [5.41, 5.74) is 0. The lowest BCUT2D eigenvalue weighted by Crippen LogP contribution is -2.39. The summed E-state index contributed by atoms with van der Waals surface area (Å²) in [5.74, 6) is -0.0242.